The van der Waals surface area contributed by atoms with Crippen molar-refractivity contribution in [2.24, 2.45) is 0 Å². The van der Waals surface area contributed by atoms with Crippen LogP contribution in [0.1, 0.15) is 20.3 Å². The summed E-state index contributed by atoms with van der Waals surface area (Å²) in [7, 11) is 1.72. The van der Waals surface area contributed by atoms with Gasteiger partial charge in [-0.15, -0.1) is 0 Å². The zero-order valence-corrected chi connectivity index (χ0v) is 13.8. The van der Waals surface area contributed by atoms with Crippen LogP contribution in [0.4, 0.5) is 0 Å². The van der Waals surface area contributed by atoms with Crippen LogP contribution in [0.25, 0.3) is 0 Å². The van der Waals surface area contributed by atoms with Crippen LogP contribution in [0.2, 0.25) is 0 Å². The molecule has 0 bridgehead atoms. The summed E-state index contributed by atoms with van der Waals surface area (Å²) in [4.78, 5) is 9.87. The van der Waals surface area contributed by atoms with E-state index >= 15 is 0 Å². The first-order valence-electron chi connectivity index (χ1n) is 7.53. The maximum absolute atomic E-state index is 9.87. The molecule has 1 aromatic rings. The van der Waals surface area contributed by atoms with Crippen molar-refractivity contribution in [1.29, 1.82) is 0 Å². The lowest BCUT2D eigenvalue weighted by Gasteiger charge is -2.04. The van der Waals surface area contributed by atoms with Gasteiger partial charge in [-0.3, -0.25) is 0 Å². The maximum atomic E-state index is 9.87. The zero-order valence-electron chi connectivity index (χ0n) is 13.8. The van der Waals surface area contributed by atoms with Crippen molar-refractivity contribution in [2.45, 2.75) is 33.4 Å². The van der Waals surface area contributed by atoms with E-state index in [-0.39, 0.29) is 13.0 Å². The number of rotatable bonds is 11. The molecule has 1 heterocycles. The second kappa shape index (κ2) is 14.5. The zero-order chi connectivity index (χ0) is 16.6. The van der Waals surface area contributed by atoms with Crippen molar-refractivity contribution >= 4 is 5.97 Å². The van der Waals surface area contributed by atoms with E-state index in [9.17, 15) is 9.90 Å². The lowest BCUT2D eigenvalue weighted by atomic mass is 10.5. The Morgan fingerprint density at radius 1 is 1.18 bits per heavy atom. The van der Waals surface area contributed by atoms with Crippen molar-refractivity contribution in [2.75, 3.05) is 40.1 Å². The van der Waals surface area contributed by atoms with Gasteiger partial charge in [-0.25, -0.2) is 9.13 Å². The van der Waals surface area contributed by atoms with Crippen LogP contribution in [0, 0.1) is 0 Å². The molecule has 128 valence electrons. The average molecular weight is 316 g/mol. The Bertz CT molecular complexity index is 382. The number of aliphatic carboxylic acids is 1. The van der Waals surface area contributed by atoms with Crippen LogP contribution in [-0.4, -0.2) is 50.7 Å². The second-order valence-electron chi connectivity index (χ2n) is 4.41. The Labute approximate surface area is 132 Å². The summed E-state index contributed by atoms with van der Waals surface area (Å²) in [5.41, 5.74) is 0. The number of carboxylic acid groups (broad SMARTS) is 1. The van der Waals surface area contributed by atoms with Crippen molar-refractivity contribution in [3.05, 3.63) is 18.7 Å². The minimum absolute atomic E-state index is 0.0495. The molecule has 1 aromatic heterocycles. The quantitative estimate of drug-likeness (QED) is 0.411. The highest BCUT2D eigenvalue weighted by Crippen LogP contribution is 1.83. The number of carbonyl (C=O) groups excluding carboxylic acids is 1. The number of aryl methyl sites for hydroxylation is 1. The van der Waals surface area contributed by atoms with Gasteiger partial charge in [-0.05, 0) is 13.8 Å². The monoisotopic (exact) mass is 316 g/mol. The Hall–Kier alpha value is -1.44. The molecule has 22 heavy (non-hydrogen) atoms. The summed E-state index contributed by atoms with van der Waals surface area (Å²) < 4.78 is 19.1. The Balaban J connectivity index is 0.000000401. The summed E-state index contributed by atoms with van der Waals surface area (Å²) in [5, 5.41) is 9.87. The average Bonchev–Trinajstić information content (AvgIpc) is 2.97. The standard InChI is InChI=1S/C8H15N2O.C7H14O4/c1-3-9-4-5-10(8-9)6-7-11-2;1-2-10-5-6-11-4-3-7(8)9/h4-5,8H,3,6-7H2,1-2H3;2-6H2,1H3,(H,8,9)/q+1;/p-1. The molecule has 7 heteroatoms. The van der Waals surface area contributed by atoms with Crippen LogP contribution in [0.3, 0.4) is 0 Å². The molecular weight excluding hydrogens is 288 g/mol. The first-order chi connectivity index (χ1) is 10.6. The predicted molar refractivity (Wildman–Crippen MR) is 79.1 cm³/mol. The third-order valence-electron chi connectivity index (χ3n) is 2.69. The molecule has 1 rings (SSSR count). The first-order valence-corrected chi connectivity index (χ1v) is 7.53. The van der Waals surface area contributed by atoms with Crippen molar-refractivity contribution in [3.63, 3.8) is 0 Å². The third-order valence-corrected chi connectivity index (χ3v) is 2.69. The van der Waals surface area contributed by atoms with Crippen molar-refractivity contribution in [3.8, 4) is 0 Å². The third kappa shape index (κ3) is 12.3. The van der Waals surface area contributed by atoms with Gasteiger partial charge in [-0.2, -0.15) is 0 Å². The number of carbonyl (C=O) groups is 1. The van der Waals surface area contributed by atoms with E-state index in [1.54, 1.807) is 7.11 Å². The highest BCUT2D eigenvalue weighted by atomic mass is 16.5. The molecule has 0 saturated carbocycles. The maximum Gasteiger partial charge on any atom is 0.243 e. The van der Waals surface area contributed by atoms with Crippen molar-refractivity contribution in [1.82, 2.24) is 4.57 Å². The highest BCUT2D eigenvalue weighted by molar-refractivity contribution is 5.64. The normalized spacial score (nSPS) is 10.1. The fraction of sp³-hybridized carbons (Fsp3) is 0.733. The van der Waals surface area contributed by atoms with Gasteiger partial charge in [0.25, 0.3) is 0 Å². The van der Waals surface area contributed by atoms with Gasteiger partial charge in [0.1, 0.15) is 18.9 Å². The molecule has 7 nitrogen and oxygen atoms in total. The summed E-state index contributed by atoms with van der Waals surface area (Å²) in [6.45, 7) is 8.58. The molecule has 0 fully saturated rings. The van der Waals surface area contributed by atoms with Crippen molar-refractivity contribution < 1.29 is 28.7 Å². The molecule has 0 aliphatic heterocycles. The summed E-state index contributed by atoms with van der Waals surface area (Å²) in [6.07, 6.45) is 6.16. The largest absolute Gasteiger partial charge is 0.550 e. The number of nitrogens with zero attached hydrogens (tertiary/aromatic N) is 2. The number of ether oxygens (including phenoxy) is 3. The van der Waals surface area contributed by atoms with E-state index in [4.69, 9.17) is 14.2 Å². The fourth-order valence-corrected chi connectivity index (χ4v) is 1.47. The van der Waals surface area contributed by atoms with E-state index in [0.29, 0.717) is 19.8 Å². The van der Waals surface area contributed by atoms with Crippen LogP contribution < -0.4 is 9.67 Å². The lowest BCUT2D eigenvalue weighted by molar-refractivity contribution is -0.697. The summed E-state index contributed by atoms with van der Waals surface area (Å²) in [6, 6.07) is 0. The Morgan fingerprint density at radius 3 is 2.45 bits per heavy atom. The van der Waals surface area contributed by atoms with Gasteiger partial charge in [0.05, 0.1) is 33.0 Å². The SMILES string of the molecule is CCOCCOCCC(=O)[O-].CCn1cc[n+](CCOC)c1. The van der Waals surface area contributed by atoms with Crippen LogP contribution in [0.15, 0.2) is 18.7 Å². The molecule has 0 N–H and O–H groups in total. The van der Waals surface area contributed by atoms with E-state index < -0.39 is 5.97 Å². The number of hydrogen-bond donors (Lipinski definition) is 0. The van der Waals surface area contributed by atoms with Gasteiger partial charge in [-0.1, -0.05) is 0 Å². The van der Waals surface area contributed by atoms with Gasteiger partial charge in [0.15, 0.2) is 0 Å². The molecule has 0 aromatic carbocycles. The molecule has 0 unspecified atom stereocenters. The van der Waals surface area contributed by atoms with Gasteiger partial charge < -0.3 is 24.1 Å². The number of carboxylic acids is 1. The van der Waals surface area contributed by atoms with Gasteiger partial charge in [0, 0.05) is 26.1 Å². The number of hydrogen-bond acceptors (Lipinski definition) is 5. The topological polar surface area (TPSA) is 76.6 Å². The molecule has 0 aliphatic carbocycles. The molecule has 0 spiro atoms. The number of methoxy groups -OCH3 is 1. The minimum Gasteiger partial charge on any atom is -0.550 e. The Morgan fingerprint density at radius 2 is 1.91 bits per heavy atom. The van der Waals surface area contributed by atoms with Gasteiger partial charge >= 0.3 is 0 Å². The predicted octanol–water partition coefficient (Wildman–Crippen LogP) is -0.379. The molecule has 0 amide bonds. The van der Waals surface area contributed by atoms with E-state index in [2.05, 4.69) is 34.8 Å². The lowest BCUT2D eigenvalue weighted by Crippen LogP contribution is -2.33. The summed E-state index contributed by atoms with van der Waals surface area (Å²) in [5.74, 6) is -1.08. The highest BCUT2D eigenvalue weighted by Gasteiger charge is 1.99. The van der Waals surface area contributed by atoms with E-state index in [0.717, 1.165) is 19.7 Å². The molecule has 0 saturated heterocycles. The van der Waals surface area contributed by atoms with Crippen LogP contribution in [-0.2, 0) is 32.1 Å². The molecule has 0 aliphatic rings. The smallest absolute Gasteiger partial charge is 0.243 e. The summed E-state index contributed by atoms with van der Waals surface area (Å²) >= 11 is 0. The van der Waals surface area contributed by atoms with E-state index in [1.165, 1.54) is 0 Å². The molecule has 0 radical (unpaired) electrons. The number of aromatic nitrogens is 2. The minimum atomic E-state index is -1.08. The molecular formula is C15H28N2O5. The van der Waals surface area contributed by atoms with E-state index in [1.807, 2.05) is 6.92 Å². The fourth-order valence-electron chi connectivity index (χ4n) is 1.47. The van der Waals surface area contributed by atoms with Crippen LogP contribution in [0.5, 0.6) is 0 Å². The van der Waals surface area contributed by atoms with Gasteiger partial charge in [0.2, 0.25) is 6.33 Å². The second-order valence-corrected chi connectivity index (χ2v) is 4.41. The number of imidazole rings is 1. The van der Waals surface area contributed by atoms with Crippen LogP contribution >= 0.6 is 0 Å². The Kier molecular flexibility index (Phi) is 13.5. The first kappa shape index (κ1) is 20.6. The molecule has 0 atom stereocenters.